The van der Waals surface area contributed by atoms with Crippen LogP contribution in [0.3, 0.4) is 0 Å². The molecule has 2 amide bonds. The van der Waals surface area contributed by atoms with Crippen molar-refractivity contribution in [3.8, 4) is 0 Å². The van der Waals surface area contributed by atoms with E-state index in [4.69, 9.17) is 11.6 Å². The molecular weight excluding hydrogens is 404 g/mol. The summed E-state index contributed by atoms with van der Waals surface area (Å²) >= 11 is 6.27. The fraction of sp³-hybridized carbons (Fsp3) is 0.636. The number of H-pyrrole nitrogens is 1. The lowest BCUT2D eigenvalue weighted by molar-refractivity contribution is -0.0145. The van der Waals surface area contributed by atoms with Gasteiger partial charge in [0.05, 0.1) is 30.0 Å². The zero-order valence-electron chi connectivity index (χ0n) is 17.6. The molecule has 2 aromatic rings. The van der Waals surface area contributed by atoms with Gasteiger partial charge in [0.2, 0.25) is 0 Å². The minimum Gasteiger partial charge on any atom is -0.391 e. The summed E-state index contributed by atoms with van der Waals surface area (Å²) in [6, 6.07) is 3.42. The van der Waals surface area contributed by atoms with Crippen molar-refractivity contribution in [2.24, 2.45) is 11.3 Å². The molecule has 4 N–H and O–H groups in total. The fourth-order valence-corrected chi connectivity index (χ4v) is 5.31. The first-order valence-electron chi connectivity index (χ1n) is 10.8. The van der Waals surface area contributed by atoms with Crippen LogP contribution in [0.4, 0.5) is 4.79 Å². The van der Waals surface area contributed by atoms with Gasteiger partial charge in [0.15, 0.2) is 0 Å². The molecule has 0 unspecified atom stereocenters. The number of aliphatic hydroxyl groups excluding tert-OH is 2. The third-order valence-electron chi connectivity index (χ3n) is 7.17. The van der Waals surface area contributed by atoms with E-state index in [1.54, 1.807) is 6.20 Å². The molecule has 2 heterocycles. The molecule has 1 saturated carbocycles. The van der Waals surface area contributed by atoms with Crippen LogP contribution in [0, 0.1) is 11.3 Å². The van der Waals surface area contributed by atoms with Crippen molar-refractivity contribution in [2.45, 2.75) is 64.2 Å². The van der Waals surface area contributed by atoms with E-state index in [1.165, 1.54) is 0 Å². The van der Waals surface area contributed by atoms with Crippen molar-refractivity contribution in [1.29, 1.82) is 0 Å². The van der Waals surface area contributed by atoms with E-state index < -0.39 is 17.6 Å². The molecule has 0 bridgehead atoms. The molecule has 1 aliphatic carbocycles. The lowest BCUT2D eigenvalue weighted by atomic mass is 9.68. The number of halogens is 1. The van der Waals surface area contributed by atoms with Gasteiger partial charge < -0.3 is 20.4 Å². The minimum absolute atomic E-state index is 0.0910. The highest BCUT2D eigenvalue weighted by Gasteiger charge is 2.40. The largest absolute Gasteiger partial charge is 0.391 e. The van der Waals surface area contributed by atoms with Crippen LogP contribution in [0.5, 0.6) is 0 Å². The van der Waals surface area contributed by atoms with E-state index >= 15 is 0 Å². The third-order valence-corrected chi connectivity index (χ3v) is 7.38. The Kier molecular flexibility index (Phi) is 5.97. The number of piperidine rings is 1. The molecule has 2 aliphatic rings. The SMILES string of the molecule is CC(C)(C1CCN(C(=O)N[C@H]2CCC[C@H]2O)CC1)[C@H](O)c1cc(Cl)cc2cn[nH]c12. The highest BCUT2D eigenvalue weighted by atomic mass is 35.5. The molecule has 3 atom stereocenters. The van der Waals surface area contributed by atoms with Gasteiger partial charge in [-0.25, -0.2) is 4.79 Å². The molecule has 0 radical (unpaired) electrons. The van der Waals surface area contributed by atoms with Crippen molar-refractivity contribution in [2.75, 3.05) is 13.1 Å². The molecule has 8 heteroatoms. The summed E-state index contributed by atoms with van der Waals surface area (Å²) in [6.45, 7) is 5.45. The predicted molar refractivity (Wildman–Crippen MR) is 116 cm³/mol. The Balaban J connectivity index is 1.41. The molecule has 164 valence electrons. The number of urea groups is 1. The maximum Gasteiger partial charge on any atom is 0.317 e. The van der Waals surface area contributed by atoms with Gasteiger partial charge in [0, 0.05) is 29.1 Å². The summed E-state index contributed by atoms with van der Waals surface area (Å²) < 4.78 is 0. The van der Waals surface area contributed by atoms with Gasteiger partial charge in [-0.2, -0.15) is 5.10 Å². The Morgan fingerprint density at radius 1 is 1.30 bits per heavy atom. The van der Waals surface area contributed by atoms with Crippen LogP contribution < -0.4 is 5.32 Å². The van der Waals surface area contributed by atoms with Crippen LogP contribution in [0.1, 0.15) is 57.6 Å². The van der Waals surface area contributed by atoms with Crippen LogP contribution in [0.2, 0.25) is 5.02 Å². The molecular formula is C22H31ClN4O3. The molecule has 0 spiro atoms. The Morgan fingerprint density at radius 2 is 2.03 bits per heavy atom. The Bertz CT molecular complexity index is 907. The Labute approximate surface area is 181 Å². The van der Waals surface area contributed by atoms with Gasteiger partial charge in [0.25, 0.3) is 0 Å². The molecule has 7 nitrogen and oxygen atoms in total. The van der Waals surface area contributed by atoms with Crippen LogP contribution in [0.15, 0.2) is 18.3 Å². The lowest BCUT2D eigenvalue weighted by Gasteiger charge is -2.43. The summed E-state index contributed by atoms with van der Waals surface area (Å²) in [5.41, 5.74) is 1.18. The van der Waals surface area contributed by atoms with E-state index in [2.05, 4.69) is 29.4 Å². The molecule has 1 aromatic heterocycles. The predicted octanol–water partition coefficient (Wildman–Crippen LogP) is 3.61. The number of rotatable bonds is 4. The zero-order valence-corrected chi connectivity index (χ0v) is 18.3. The van der Waals surface area contributed by atoms with Gasteiger partial charge in [-0.05, 0) is 55.6 Å². The number of benzene rings is 1. The maximum atomic E-state index is 12.6. The second kappa shape index (κ2) is 8.36. The number of carbonyl (C=O) groups excluding carboxylic acids is 1. The molecule has 1 saturated heterocycles. The smallest absolute Gasteiger partial charge is 0.317 e. The van der Waals surface area contributed by atoms with Crippen LogP contribution in [-0.4, -0.2) is 56.6 Å². The fourth-order valence-electron chi connectivity index (χ4n) is 5.07. The number of hydrogen-bond acceptors (Lipinski definition) is 4. The number of hydrogen-bond donors (Lipinski definition) is 4. The number of aromatic amines is 1. The van der Waals surface area contributed by atoms with Gasteiger partial charge in [0.1, 0.15) is 0 Å². The monoisotopic (exact) mass is 434 g/mol. The first-order chi connectivity index (χ1) is 14.3. The van der Waals surface area contributed by atoms with E-state index in [9.17, 15) is 15.0 Å². The first kappa shape index (κ1) is 21.4. The standard InChI is InChI=1S/C22H31ClN4O3/c1-22(2,20(29)16-11-15(23)10-13-12-24-26-19(13)16)14-6-8-27(9-7-14)21(30)25-17-4-3-5-18(17)28/h10-12,14,17-18,20,28-29H,3-9H2,1-2H3,(H,24,26)(H,25,30)/t17-,18+,20+/m0/s1. The Hall–Kier alpha value is -1.83. The summed E-state index contributed by atoms with van der Waals surface area (Å²) in [4.78, 5) is 14.4. The third kappa shape index (κ3) is 4.03. The van der Waals surface area contributed by atoms with Gasteiger partial charge in [-0.3, -0.25) is 5.10 Å². The molecule has 4 rings (SSSR count). The molecule has 1 aliphatic heterocycles. The van der Waals surface area contributed by atoms with E-state index in [0.717, 1.165) is 48.6 Å². The average molecular weight is 435 g/mol. The van der Waals surface area contributed by atoms with Gasteiger partial charge >= 0.3 is 6.03 Å². The highest BCUT2D eigenvalue weighted by Crippen LogP contribution is 2.46. The zero-order chi connectivity index (χ0) is 21.5. The number of aliphatic hydroxyl groups is 2. The minimum atomic E-state index is -0.710. The van der Waals surface area contributed by atoms with Crippen LogP contribution in [-0.2, 0) is 0 Å². The van der Waals surface area contributed by atoms with E-state index in [1.807, 2.05) is 17.0 Å². The number of likely N-dealkylation sites (tertiary alicyclic amines) is 1. The molecule has 30 heavy (non-hydrogen) atoms. The Morgan fingerprint density at radius 3 is 2.70 bits per heavy atom. The average Bonchev–Trinajstić information content (AvgIpc) is 3.35. The quantitative estimate of drug-likeness (QED) is 0.590. The number of nitrogens with one attached hydrogen (secondary N) is 2. The summed E-state index contributed by atoms with van der Waals surface area (Å²) in [6.07, 6.45) is 4.75. The second-order valence-corrected chi connectivity index (χ2v) is 9.81. The van der Waals surface area contributed by atoms with Crippen molar-refractivity contribution < 1.29 is 15.0 Å². The van der Waals surface area contributed by atoms with Crippen molar-refractivity contribution in [3.05, 3.63) is 28.9 Å². The number of fused-ring (bicyclic) bond motifs is 1. The molecule has 1 aromatic carbocycles. The van der Waals surface area contributed by atoms with Gasteiger partial charge in [-0.1, -0.05) is 25.4 Å². The number of amides is 2. The van der Waals surface area contributed by atoms with Crippen LogP contribution in [0.25, 0.3) is 10.9 Å². The molecule has 2 fully saturated rings. The maximum absolute atomic E-state index is 12.6. The lowest BCUT2D eigenvalue weighted by Crippen LogP contribution is -2.51. The van der Waals surface area contributed by atoms with Crippen molar-refractivity contribution >= 4 is 28.5 Å². The van der Waals surface area contributed by atoms with Crippen LogP contribution >= 0.6 is 11.6 Å². The van der Waals surface area contributed by atoms with Crippen molar-refractivity contribution in [1.82, 2.24) is 20.4 Å². The summed E-state index contributed by atoms with van der Waals surface area (Å²) in [7, 11) is 0. The summed E-state index contributed by atoms with van der Waals surface area (Å²) in [5, 5.41) is 32.8. The normalized spacial score (nSPS) is 24.4. The van der Waals surface area contributed by atoms with E-state index in [-0.39, 0.29) is 18.0 Å². The van der Waals surface area contributed by atoms with Crippen molar-refractivity contribution in [3.63, 3.8) is 0 Å². The topological polar surface area (TPSA) is 101 Å². The summed E-state index contributed by atoms with van der Waals surface area (Å²) in [5.74, 6) is 0.255. The van der Waals surface area contributed by atoms with E-state index in [0.29, 0.717) is 18.1 Å². The number of aromatic nitrogens is 2. The second-order valence-electron chi connectivity index (χ2n) is 9.37. The highest BCUT2D eigenvalue weighted by molar-refractivity contribution is 6.31. The first-order valence-corrected chi connectivity index (χ1v) is 11.2. The number of nitrogens with zero attached hydrogens (tertiary/aromatic N) is 2. The number of carbonyl (C=O) groups is 1. The van der Waals surface area contributed by atoms with Gasteiger partial charge in [-0.15, -0.1) is 0 Å².